The molecule has 0 unspecified atom stereocenters. The van der Waals surface area contributed by atoms with Crippen LogP contribution in [0, 0.1) is 5.92 Å². The van der Waals surface area contributed by atoms with E-state index in [1.165, 1.54) is 24.4 Å². The van der Waals surface area contributed by atoms with E-state index in [1.54, 1.807) is 12.1 Å². The fraction of sp³-hybridized carbons (Fsp3) is 0.368. The lowest BCUT2D eigenvalue weighted by Crippen LogP contribution is -2.19. The van der Waals surface area contributed by atoms with Crippen LogP contribution in [-0.4, -0.2) is 34.4 Å². The van der Waals surface area contributed by atoms with Gasteiger partial charge in [0, 0.05) is 35.9 Å². The lowest BCUT2D eigenvalue weighted by molar-refractivity contribution is -0.154. The van der Waals surface area contributed by atoms with Crippen LogP contribution < -0.4 is 10.1 Å². The van der Waals surface area contributed by atoms with Gasteiger partial charge in [0.15, 0.2) is 12.4 Å². The minimum atomic E-state index is -4.44. The third-order valence-corrected chi connectivity index (χ3v) is 4.05. The van der Waals surface area contributed by atoms with Gasteiger partial charge in [0.25, 0.3) is 0 Å². The van der Waals surface area contributed by atoms with Crippen molar-refractivity contribution in [1.29, 1.82) is 0 Å². The number of nitrogens with zero attached hydrogens (tertiary/aromatic N) is 2. The number of ketones is 1. The lowest BCUT2D eigenvalue weighted by atomic mass is 10.1. The fourth-order valence-corrected chi connectivity index (χ4v) is 2.47. The highest BCUT2D eigenvalue weighted by atomic mass is 19.4. The van der Waals surface area contributed by atoms with Crippen LogP contribution in [0.4, 0.5) is 19.0 Å². The molecule has 1 aliphatic rings. The van der Waals surface area contributed by atoms with E-state index in [1.807, 2.05) is 0 Å². The molecule has 0 spiro atoms. The molecule has 1 N–H and O–H groups in total. The van der Waals surface area contributed by atoms with Gasteiger partial charge < -0.3 is 10.1 Å². The molecule has 6 nitrogen and oxygen atoms in total. The number of hydrogen-bond donors (Lipinski definition) is 1. The van der Waals surface area contributed by atoms with E-state index in [9.17, 15) is 22.8 Å². The van der Waals surface area contributed by atoms with Crippen molar-refractivity contribution in [3.8, 4) is 5.88 Å². The molecule has 0 radical (unpaired) electrons. The number of Topliss-reactive ketones (excluding diaryl/α,β-unsaturated/α-hetero) is 1. The maximum atomic E-state index is 12.4. The fourth-order valence-electron chi connectivity index (χ4n) is 2.47. The topological polar surface area (TPSA) is 81.2 Å². The number of amides is 1. The van der Waals surface area contributed by atoms with Gasteiger partial charge in [-0.25, -0.2) is 9.97 Å². The van der Waals surface area contributed by atoms with Crippen LogP contribution in [0.3, 0.4) is 0 Å². The number of rotatable bonds is 8. The number of pyridine rings is 2. The Morgan fingerprint density at radius 2 is 2.00 bits per heavy atom. The van der Waals surface area contributed by atoms with E-state index < -0.39 is 12.8 Å². The average molecular weight is 393 g/mol. The Morgan fingerprint density at radius 3 is 2.71 bits per heavy atom. The van der Waals surface area contributed by atoms with E-state index in [2.05, 4.69) is 20.0 Å². The number of nitrogens with one attached hydrogen (secondary N) is 1. The second-order valence-electron chi connectivity index (χ2n) is 6.49. The Kier molecular flexibility index (Phi) is 5.91. The van der Waals surface area contributed by atoms with Gasteiger partial charge in [-0.1, -0.05) is 6.07 Å². The van der Waals surface area contributed by atoms with E-state index >= 15 is 0 Å². The van der Waals surface area contributed by atoms with Crippen molar-refractivity contribution < 1.29 is 27.5 Å². The molecule has 2 aromatic heterocycles. The van der Waals surface area contributed by atoms with Crippen molar-refractivity contribution in [2.24, 2.45) is 5.92 Å². The number of carbonyl (C=O) groups is 2. The highest BCUT2D eigenvalue weighted by molar-refractivity contribution is 5.98. The second kappa shape index (κ2) is 8.37. The molecule has 1 amide bonds. The third kappa shape index (κ3) is 6.04. The van der Waals surface area contributed by atoms with E-state index in [-0.39, 0.29) is 36.3 Å². The van der Waals surface area contributed by atoms with Crippen molar-refractivity contribution in [3.05, 3.63) is 47.8 Å². The number of aryl methyl sites for hydroxylation is 1. The Balaban J connectivity index is 1.56. The van der Waals surface area contributed by atoms with E-state index in [0.29, 0.717) is 17.1 Å². The molecule has 28 heavy (non-hydrogen) atoms. The first-order valence-corrected chi connectivity index (χ1v) is 8.76. The number of aromatic nitrogens is 2. The van der Waals surface area contributed by atoms with Crippen LogP contribution >= 0.6 is 0 Å². The first-order valence-electron chi connectivity index (χ1n) is 8.76. The predicted molar refractivity (Wildman–Crippen MR) is 94.0 cm³/mol. The molecular weight excluding hydrogens is 375 g/mol. The summed E-state index contributed by atoms with van der Waals surface area (Å²) in [6.07, 6.45) is -0.919. The highest BCUT2D eigenvalue weighted by Gasteiger charge is 2.30. The monoisotopic (exact) mass is 393 g/mol. The largest absolute Gasteiger partial charge is 0.468 e. The lowest BCUT2D eigenvalue weighted by Gasteiger charge is -2.09. The van der Waals surface area contributed by atoms with E-state index in [4.69, 9.17) is 0 Å². The van der Waals surface area contributed by atoms with Crippen LogP contribution in [0.2, 0.25) is 0 Å². The van der Waals surface area contributed by atoms with Crippen LogP contribution in [0.25, 0.3) is 0 Å². The maximum absolute atomic E-state index is 12.4. The molecular formula is C19H18F3N3O3. The Labute approximate surface area is 159 Å². The van der Waals surface area contributed by atoms with Gasteiger partial charge in [0.05, 0.1) is 0 Å². The average Bonchev–Trinajstić information content (AvgIpc) is 3.50. The summed E-state index contributed by atoms with van der Waals surface area (Å²) >= 11 is 0. The van der Waals surface area contributed by atoms with Crippen LogP contribution in [0.1, 0.15) is 35.3 Å². The first-order chi connectivity index (χ1) is 13.3. The number of ether oxygens (including phenoxy) is 1. The summed E-state index contributed by atoms with van der Waals surface area (Å²) in [6, 6.07) is 7.52. The smallest absolute Gasteiger partial charge is 0.422 e. The van der Waals surface area contributed by atoms with Crippen molar-refractivity contribution in [1.82, 2.24) is 9.97 Å². The molecule has 0 atom stereocenters. The van der Waals surface area contributed by atoms with Crippen LogP contribution in [0.5, 0.6) is 5.88 Å². The van der Waals surface area contributed by atoms with Gasteiger partial charge in [0.1, 0.15) is 5.82 Å². The van der Waals surface area contributed by atoms with Crippen LogP contribution in [0.15, 0.2) is 36.5 Å². The molecule has 1 fully saturated rings. The Bertz CT molecular complexity index is 867. The second-order valence-corrected chi connectivity index (χ2v) is 6.49. The molecule has 9 heteroatoms. The molecule has 1 saturated carbocycles. The van der Waals surface area contributed by atoms with Crippen molar-refractivity contribution in [2.75, 3.05) is 11.9 Å². The van der Waals surface area contributed by atoms with Gasteiger partial charge >= 0.3 is 6.18 Å². The van der Waals surface area contributed by atoms with Crippen molar-refractivity contribution in [3.63, 3.8) is 0 Å². The molecule has 2 heterocycles. The number of alkyl halides is 3. The SMILES string of the molecule is O=C(CCc1cccc(OCC(F)(F)F)n1)c1ccnc(NC(=O)C2CC2)c1. The first kappa shape index (κ1) is 19.8. The standard InChI is InChI=1S/C19H18F3N3O3/c20-19(21,22)11-28-17-3-1-2-14(24-17)6-7-15(26)13-8-9-23-16(10-13)25-18(27)12-4-5-12/h1-3,8-10,12H,4-7,11H2,(H,23,25,27). The number of halogens is 3. The van der Waals surface area contributed by atoms with Gasteiger partial charge in [-0.3, -0.25) is 9.59 Å². The zero-order chi connectivity index (χ0) is 20.1. The number of anilines is 1. The minimum Gasteiger partial charge on any atom is -0.468 e. The molecule has 1 aliphatic carbocycles. The molecule has 2 aromatic rings. The molecule has 0 saturated heterocycles. The molecule has 148 valence electrons. The van der Waals surface area contributed by atoms with Gasteiger partial charge in [0.2, 0.25) is 11.8 Å². The number of hydrogen-bond acceptors (Lipinski definition) is 5. The van der Waals surface area contributed by atoms with Gasteiger partial charge in [-0.15, -0.1) is 0 Å². The van der Waals surface area contributed by atoms with E-state index in [0.717, 1.165) is 12.8 Å². The Hall–Kier alpha value is -2.97. The molecule has 3 rings (SSSR count). The normalized spacial score (nSPS) is 13.8. The zero-order valence-corrected chi connectivity index (χ0v) is 14.8. The predicted octanol–water partition coefficient (Wildman–Crippen LogP) is 3.58. The maximum Gasteiger partial charge on any atom is 0.422 e. The summed E-state index contributed by atoms with van der Waals surface area (Å²) in [7, 11) is 0. The number of carbonyl (C=O) groups excluding carboxylic acids is 2. The summed E-state index contributed by atoms with van der Waals surface area (Å²) in [4.78, 5) is 32.2. The summed E-state index contributed by atoms with van der Waals surface area (Å²) in [5, 5.41) is 2.68. The summed E-state index contributed by atoms with van der Waals surface area (Å²) < 4.78 is 41.3. The summed E-state index contributed by atoms with van der Waals surface area (Å²) in [5.41, 5.74) is 0.843. The van der Waals surface area contributed by atoms with Gasteiger partial charge in [-0.05, 0) is 37.5 Å². The van der Waals surface area contributed by atoms with Crippen LogP contribution in [-0.2, 0) is 11.2 Å². The Morgan fingerprint density at radius 1 is 1.21 bits per heavy atom. The van der Waals surface area contributed by atoms with Crippen molar-refractivity contribution >= 4 is 17.5 Å². The summed E-state index contributed by atoms with van der Waals surface area (Å²) in [6.45, 7) is -1.42. The summed E-state index contributed by atoms with van der Waals surface area (Å²) in [5.74, 6) is -0.0801. The minimum absolute atomic E-state index is 0.0269. The van der Waals surface area contributed by atoms with Crippen molar-refractivity contribution in [2.45, 2.75) is 31.9 Å². The molecule has 0 aliphatic heterocycles. The highest BCUT2D eigenvalue weighted by Crippen LogP contribution is 2.30. The molecule has 0 aromatic carbocycles. The zero-order valence-electron chi connectivity index (χ0n) is 14.8. The quantitative estimate of drug-likeness (QED) is 0.694. The molecule has 0 bridgehead atoms. The van der Waals surface area contributed by atoms with Gasteiger partial charge in [-0.2, -0.15) is 13.2 Å². The third-order valence-electron chi connectivity index (χ3n) is 4.05.